The minimum atomic E-state index is -0.105. The highest BCUT2D eigenvalue weighted by atomic mass is 16.5. The number of carbonyl (C=O) groups excluding carboxylic acids is 1. The Kier molecular flexibility index (Phi) is 5.61. The van der Waals surface area contributed by atoms with Crippen LogP contribution in [0.5, 0.6) is 0 Å². The first kappa shape index (κ1) is 19.7. The number of nitrogens with one attached hydrogen (secondary N) is 1. The fraction of sp³-hybridized carbons (Fsp3) is 0.231. The normalized spacial score (nSPS) is 14.7. The average molecular weight is 412 g/mol. The third-order valence-corrected chi connectivity index (χ3v) is 5.84. The van der Waals surface area contributed by atoms with Gasteiger partial charge in [0.2, 0.25) is 0 Å². The Hall–Kier alpha value is -3.28. The second-order valence-corrected chi connectivity index (χ2v) is 7.93. The molecular weight excluding hydrogens is 386 g/mol. The van der Waals surface area contributed by atoms with Crippen molar-refractivity contribution in [3.05, 3.63) is 89.6 Å². The van der Waals surface area contributed by atoms with Gasteiger partial charge in [0.25, 0.3) is 5.91 Å². The zero-order valence-electron chi connectivity index (χ0n) is 17.4. The molecule has 1 aliphatic heterocycles. The van der Waals surface area contributed by atoms with Gasteiger partial charge in [-0.15, -0.1) is 0 Å². The van der Waals surface area contributed by atoms with E-state index >= 15 is 0 Å². The first-order valence-electron chi connectivity index (χ1n) is 10.7. The quantitative estimate of drug-likeness (QED) is 0.501. The van der Waals surface area contributed by atoms with Crippen molar-refractivity contribution in [1.29, 1.82) is 0 Å². The number of carbonyl (C=O) groups is 1. The number of hydrogen-bond donors (Lipinski definition) is 1. The molecule has 0 bridgehead atoms. The highest BCUT2D eigenvalue weighted by Gasteiger charge is 2.14. The van der Waals surface area contributed by atoms with Gasteiger partial charge >= 0.3 is 0 Å². The van der Waals surface area contributed by atoms with Gasteiger partial charge in [-0.05, 0) is 34.0 Å². The summed E-state index contributed by atoms with van der Waals surface area (Å²) in [6.45, 7) is 4.99. The topological polar surface area (TPSA) is 54.5 Å². The summed E-state index contributed by atoms with van der Waals surface area (Å²) in [7, 11) is 0. The van der Waals surface area contributed by atoms with Gasteiger partial charge in [0.1, 0.15) is 0 Å². The Morgan fingerprint density at radius 1 is 0.935 bits per heavy atom. The van der Waals surface area contributed by atoms with Gasteiger partial charge in [0.05, 0.1) is 24.3 Å². The summed E-state index contributed by atoms with van der Waals surface area (Å²) in [4.78, 5) is 19.9. The smallest absolute Gasteiger partial charge is 0.253 e. The van der Waals surface area contributed by atoms with Gasteiger partial charge in [0.15, 0.2) is 0 Å². The first-order valence-corrected chi connectivity index (χ1v) is 10.7. The number of amides is 1. The lowest BCUT2D eigenvalue weighted by Crippen LogP contribution is -2.35. The van der Waals surface area contributed by atoms with E-state index in [-0.39, 0.29) is 5.91 Å². The van der Waals surface area contributed by atoms with Crippen LogP contribution in [0.4, 0.5) is 0 Å². The molecule has 0 unspecified atom stereocenters. The molecule has 0 spiro atoms. The molecule has 1 fully saturated rings. The number of hydrogen-bond acceptors (Lipinski definition) is 4. The zero-order valence-corrected chi connectivity index (χ0v) is 17.4. The molecule has 2 heterocycles. The highest BCUT2D eigenvalue weighted by molar-refractivity contribution is 6.15. The van der Waals surface area contributed by atoms with Crippen molar-refractivity contribution in [2.24, 2.45) is 0 Å². The Labute approximate surface area is 181 Å². The number of fused-ring (bicyclic) bond motifs is 3. The minimum Gasteiger partial charge on any atom is -0.379 e. The van der Waals surface area contributed by atoms with E-state index in [0.29, 0.717) is 12.1 Å². The van der Waals surface area contributed by atoms with Crippen molar-refractivity contribution in [2.45, 2.75) is 13.1 Å². The fourth-order valence-corrected chi connectivity index (χ4v) is 4.16. The minimum absolute atomic E-state index is 0.105. The molecule has 5 nitrogen and oxygen atoms in total. The lowest BCUT2D eigenvalue weighted by atomic mass is 10.0. The van der Waals surface area contributed by atoms with Crippen LogP contribution < -0.4 is 5.32 Å². The van der Waals surface area contributed by atoms with E-state index in [9.17, 15) is 4.79 Å². The van der Waals surface area contributed by atoms with Crippen LogP contribution >= 0.6 is 0 Å². The predicted molar refractivity (Wildman–Crippen MR) is 123 cm³/mol. The van der Waals surface area contributed by atoms with E-state index in [0.717, 1.165) is 60.1 Å². The molecule has 1 amide bonds. The lowest BCUT2D eigenvalue weighted by Gasteiger charge is -2.26. The van der Waals surface area contributed by atoms with E-state index < -0.39 is 0 Å². The molecule has 0 aliphatic carbocycles. The van der Waals surface area contributed by atoms with Crippen molar-refractivity contribution >= 4 is 27.6 Å². The van der Waals surface area contributed by atoms with Crippen LogP contribution in [0, 0.1) is 0 Å². The molecule has 5 heteroatoms. The second-order valence-electron chi connectivity index (χ2n) is 7.93. The van der Waals surface area contributed by atoms with Crippen molar-refractivity contribution < 1.29 is 9.53 Å². The molecule has 5 rings (SSSR count). The number of benzene rings is 3. The Balaban J connectivity index is 1.30. The number of morpholine rings is 1. The van der Waals surface area contributed by atoms with Gasteiger partial charge in [-0.2, -0.15) is 0 Å². The SMILES string of the molecule is O=C(NCc1ccc(CN2CCOCC2)cc1)c1cc2ccccc2c2cccnc12. The number of nitrogens with zero attached hydrogens (tertiary/aromatic N) is 2. The fourth-order valence-electron chi connectivity index (χ4n) is 4.16. The average Bonchev–Trinajstić information content (AvgIpc) is 2.83. The monoisotopic (exact) mass is 411 g/mol. The number of aromatic nitrogens is 1. The van der Waals surface area contributed by atoms with Gasteiger partial charge in [-0.3, -0.25) is 14.7 Å². The third kappa shape index (κ3) is 4.29. The van der Waals surface area contributed by atoms with E-state index in [2.05, 4.69) is 45.5 Å². The number of pyridine rings is 1. The Morgan fingerprint density at radius 2 is 1.68 bits per heavy atom. The molecule has 31 heavy (non-hydrogen) atoms. The summed E-state index contributed by atoms with van der Waals surface area (Å²) in [5, 5.41) is 6.22. The molecule has 1 N–H and O–H groups in total. The van der Waals surface area contributed by atoms with Crippen LogP contribution in [0.2, 0.25) is 0 Å². The maximum Gasteiger partial charge on any atom is 0.253 e. The largest absolute Gasteiger partial charge is 0.379 e. The Morgan fingerprint density at radius 3 is 2.52 bits per heavy atom. The van der Waals surface area contributed by atoms with Crippen LogP contribution in [0.1, 0.15) is 21.5 Å². The molecule has 1 aromatic heterocycles. The second kappa shape index (κ2) is 8.84. The van der Waals surface area contributed by atoms with E-state index in [1.54, 1.807) is 6.20 Å². The summed E-state index contributed by atoms with van der Waals surface area (Å²) in [6, 6.07) is 22.4. The van der Waals surface area contributed by atoms with Gasteiger partial charge in [-0.1, -0.05) is 54.6 Å². The van der Waals surface area contributed by atoms with Crippen molar-refractivity contribution in [2.75, 3.05) is 26.3 Å². The van der Waals surface area contributed by atoms with E-state index in [1.165, 1.54) is 5.56 Å². The van der Waals surface area contributed by atoms with Gasteiger partial charge in [0, 0.05) is 37.8 Å². The summed E-state index contributed by atoms with van der Waals surface area (Å²) in [5.41, 5.74) is 3.71. The summed E-state index contributed by atoms with van der Waals surface area (Å²) in [5.74, 6) is -0.105. The van der Waals surface area contributed by atoms with Crippen LogP contribution in [-0.2, 0) is 17.8 Å². The van der Waals surface area contributed by atoms with Crippen molar-refractivity contribution in [3.8, 4) is 0 Å². The maximum absolute atomic E-state index is 13.0. The molecule has 156 valence electrons. The van der Waals surface area contributed by atoms with Gasteiger partial charge in [-0.25, -0.2) is 0 Å². The summed E-state index contributed by atoms with van der Waals surface area (Å²) < 4.78 is 5.41. The summed E-state index contributed by atoms with van der Waals surface area (Å²) >= 11 is 0. The zero-order chi connectivity index (χ0) is 21.0. The molecular formula is C26H25N3O2. The van der Waals surface area contributed by atoms with Crippen LogP contribution in [0.3, 0.4) is 0 Å². The van der Waals surface area contributed by atoms with Crippen LogP contribution in [0.15, 0.2) is 72.9 Å². The number of rotatable bonds is 5. The molecule has 0 saturated carbocycles. The standard InChI is InChI=1S/C26H25N3O2/c30-26(24-16-21-4-1-2-5-22(21)23-6-3-11-27-25(23)24)28-17-19-7-9-20(10-8-19)18-29-12-14-31-15-13-29/h1-11,16H,12-15,17-18H2,(H,28,30). The highest BCUT2D eigenvalue weighted by Crippen LogP contribution is 2.27. The maximum atomic E-state index is 13.0. The summed E-state index contributed by atoms with van der Waals surface area (Å²) in [6.07, 6.45) is 1.74. The van der Waals surface area contributed by atoms with Crippen LogP contribution in [0.25, 0.3) is 21.7 Å². The first-order chi connectivity index (χ1) is 15.3. The molecule has 0 atom stereocenters. The van der Waals surface area contributed by atoms with Gasteiger partial charge < -0.3 is 10.1 Å². The predicted octanol–water partition coefficient (Wildman–Crippen LogP) is 4.15. The molecule has 1 aliphatic rings. The molecule has 3 aromatic carbocycles. The van der Waals surface area contributed by atoms with E-state index in [1.807, 2.05) is 36.4 Å². The lowest BCUT2D eigenvalue weighted by molar-refractivity contribution is 0.0342. The van der Waals surface area contributed by atoms with Crippen molar-refractivity contribution in [3.63, 3.8) is 0 Å². The Bertz CT molecular complexity index is 1210. The number of ether oxygens (including phenoxy) is 1. The van der Waals surface area contributed by atoms with Crippen molar-refractivity contribution in [1.82, 2.24) is 15.2 Å². The molecule has 4 aromatic rings. The molecule has 0 radical (unpaired) electrons. The van der Waals surface area contributed by atoms with E-state index in [4.69, 9.17) is 4.74 Å². The van der Waals surface area contributed by atoms with Crippen LogP contribution in [-0.4, -0.2) is 42.1 Å². The third-order valence-electron chi connectivity index (χ3n) is 5.84. The molecule has 1 saturated heterocycles.